The standard InChI is InChI=1S/C11H9ClO2/c1-6-3-8-5-10(7(2)13)14-11(8)9(12)4-6/h3-5H,1-2H3. The van der Waals surface area contributed by atoms with E-state index < -0.39 is 0 Å². The number of carbonyl (C=O) groups is 1. The van der Waals surface area contributed by atoms with Gasteiger partial charge in [0.2, 0.25) is 0 Å². The molecule has 0 radical (unpaired) electrons. The van der Waals surface area contributed by atoms with Gasteiger partial charge in [0.1, 0.15) is 0 Å². The molecule has 1 aromatic heterocycles. The molecule has 0 aliphatic rings. The molecule has 1 aromatic carbocycles. The van der Waals surface area contributed by atoms with E-state index in [2.05, 4.69) is 0 Å². The first-order valence-electron chi connectivity index (χ1n) is 4.28. The molecule has 0 unspecified atom stereocenters. The Labute approximate surface area is 86.5 Å². The van der Waals surface area contributed by atoms with Crippen LogP contribution >= 0.6 is 11.6 Å². The monoisotopic (exact) mass is 208 g/mol. The van der Waals surface area contributed by atoms with Crippen LogP contribution < -0.4 is 0 Å². The van der Waals surface area contributed by atoms with Crippen LogP contribution in [0, 0.1) is 6.92 Å². The normalized spacial score (nSPS) is 10.8. The van der Waals surface area contributed by atoms with E-state index in [1.54, 1.807) is 6.07 Å². The Morgan fingerprint density at radius 2 is 2.07 bits per heavy atom. The second-order valence-electron chi connectivity index (χ2n) is 3.33. The van der Waals surface area contributed by atoms with Gasteiger partial charge in [-0.3, -0.25) is 4.79 Å². The van der Waals surface area contributed by atoms with Crippen LogP contribution in [0.15, 0.2) is 22.6 Å². The van der Waals surface area contributed by atoms with E-state index in [9.17, 15) is 4.79 Å². The first-order valence-corrected chi connectivity index (χ1v) is 4.66. The molecule has 2 nitrogen and oxygen atoms in total. The van der Waals surface area contributed by atoms with E-state index in [0.29, 0.717) is 16.4 Å². The highest BCUT2D eigenvalue weighted by Gasteiger charge is 2.10. The minimum Gasteiger partial charge on any atom is -0.451 e. The van der Waals surface area contributed by atoms with Gasteiger partial charge >= 0.3 is 0 Å². The molecule has 0 atom stereocenters. The lowest BCUT2D eigenvalue weighted by Gasteiger charge is -1.94. The number of aryl methyl sites for hydroxylation is 1. The molecule has 2 rings (SSSR count). The van der Waals surface area contributed by atoms with Crippen LogP contribution in [0.1, 0.15) is 23.0 Å². The molecule has 0 amide bonds. The van der Waals surface area contributed by atoms with Crippen LogP contribution in [-0.4, -0.2) is 5.78 Å². The summed E-state index contributed by atoms with van der Waals surface area (Å²) < 4.78 is 5.33. The van der Waals surface area contributed by atoms with Crippen molar-refractivity contribution in [2.24, 2.45) is 0 Å². The van der Waals surface area contributed by atoms with Crippen LogP contribution in [0.25, 0.3) is 11.0 Å². The van der Waals surface area contributed by atoms with Crippen molar-refractivity contribution in [3.05, 3.63) is 34.5 Å². The highest BCUT2D eigenvalue weighted by atomic mass is 35.5. The molecule has 2 aromatic rings. The van der Waals surface area contributed by atoms with Gasteiger partial charge in [-0.25, -0.2) is 0 Å². The van der Waals surface area contributed by atoms with E-state index in [-0.39, 0.29) is 5.78 Å². The zero-order chi connectivity index (χ0) is 10.3. The molecule has 72 valence electrons. The minimum absolute atomic E-state index is 0.0880. The number of furan rings is 1. The predicted molar refractivity (Wildman–Crippen MR) is 56.0 cm³/mol. The van der Waals surface area contributed by atoms with E-state index >= 15 is 0 Å². The molecule has 0 aliphatic heterocycles. The topological polar surface area (TPSA) is 30.2 Å². The van der Waals surface area contributed by atoms with Gasteiger partial charge in [0.25, 0.3) is 0 Å². The minimum atomic E-state index is -0.0880. The summed E-state index contributed by atoms with van der Waals surface area (Å²) in [4.78, 5) is 11.1. The molecule has 0 bridgehead atoms. The van der Waals surface area contributed by atoms with Crippen molar-refractivity contribution in [1.29, 1.82) is 0 Å². The second-order valence-corrected chi connectivity index (χ2v) is 3.74. The molecular formula is C11H9ClO2. The van der Waals surface area contributed by atoms with Crippen LogP contribution in [0.5, 0.6) is 0 Å². The quantitative estimate of drug-likeness (QED) is 0.671. The van der Waals surface area contributed by atoms with Gasteiger partial charge in [0.15, 0.2) is 17.1 Å². The van der Waals surface area contributed by atoms with Gasteiger partial charge in [0, 0.05) is 12.3 Å². The van der Waals surface area contributed by atoms with Crippen molar-refractivity contribution in [2.45, 2.75) is 13.8 Å². The molecule has 0 saturated heterocycles. The van der Waals surface area contributed by atoms with Gasteiger partial charge in [-0.15, -0.1) is 0 Å². The van der Waals surface area contributed by atoms with Gasteiger partial charge in [0.05, 0.1) is 5.02 Å². The van der Waals surface area contributed by atoms with E-state index in [4.69, 9.17) is 16.0 Å². The average Bonchev–Trinajstić information content (AvgIpc) is 2.47. The number of hydrogen-bond donors (Lipinski definition) is 0. The zero-order valence-corrected chi connectivity index (χ0v) is 8.68. The van der Waals surface area contributed by atoms with E-state index in [1.807, 2.05) is 19.1 Å². The Morgan fingerprint density at radius 3 is 2.71 bits per heavy atom. The fourth-order valence-corrected chi connectivity index (χ4v) is 1.74. The number of Topliss-reactive ketones (excluding diaryl/α,β-unsaturated/α-hetero) is 1. The van der Waals surface area contributed by atoms with Crippen LogP contribution in [0.2, 0.25) is 5.02 Å². The van der Waals surface area contributed by atoms with Crippen molar-refractivity contribution in [3.63, 3.8) is 0 Å². The Morgan fingerprint density at radius 1 is 1.36 bits per heavy atom. The molecule has 14 heavy (non-hydrogen) atoms. The summed E-state index contributed by atoms with van der Waals surface area (Å²) in [5.41, 5.74) is 1.64. The third-order valence-electron chi connectivity index (χ3n) is 2.06. The van der Waals surface area contributed by atoms with Crippen LogP contribution in [-0.2, 0) is 0 Å². The molecular weight excluding hydrogens is 200 g/mol. The lowest BCUT2D eigenvalue weighted by atomic mass is 10.2. The Bertz CT molecular complexity index is 511. The predicted octanol–water partition coefficient (Wildman–Crippen LogP) is 3.60. The summed E-state index contributed by atoms with van der Waals surface area (Å²) in [6.07, 6.45) is 0. The number of rotatable bonds is 1. The average molecular weight is 209 g/mol. The third kappa shape index (κ3) is 1.42. The third-order valence-corrected chi connectivity index (χ3v) is 2.34. The number of carbonyl (C=O) groups excluding carboxylic acids is 1. The smallest absolute Gasteiger partial charge is 0.194 e. The summed E-state index contributed by atoms with van der Waals surface area (Å²) in [5, 5.41) is 1.42. The Hall–Kier alpha value is -1.28. The van der Waals surface area contributed by atoms with Crippen molar-refractivity contribution >= 4 is 28.4 Å². The molecule has 0 N–H and O–H groups in total. The van der Waals surface area contributed by atoms with Crippen molar-refractivity contribution in [1.82, 2.24) is 0 Å². The fourth-order valence-electron chi connectivity index (χ4n) is 1.42. The van der Waals surface area contributed by atoms with E-state index in [0.717, 1.165) is 10.9 Å². The molecule has 0 spiro atoms. The number of ketones is 1. The Kier molecular flexibility index (Phi) is 2.08. The Balaban J connectivity index is 2.76. The summed E-state index contributed by atoms with van der Waals surface area (Å²) >= 11 is 5.98. The number of fused-ring (bicyclic) bond motifs is 1. The van der Waals surface area contributed by atoms with Gasteiger partial charge < -0.3 is 4.42 Å². The largest absolute Gasteiger partial charge is 0.451 e. The van der Waals surface area contributed by atoms with Gasteiger partial charge in [-0.05, 0) is 30.7 Å². The highest BCUT2D eigenvalue weighted by Crippen LogP contribution is 2.28. The van der Waals surface area contributed by atoms with Crippen molar-refractivity contribution in [3.8, 4) is 0 Å². The molecule has 0 aliphatic carbocycles. The number of hydrogen-bond acceptors (Lipinski definition) is 2. The molecule has 1 heterocycles. The summed E-state index contributed by atoms with van der Waals surface area (Å²) in [7, 11) is 0. The number of benzene rings is 1. The van der Waals surface area contributed by atoms with Crippen LogP contribution in [0.4, 0.5) is 0 Å². The maximum absolute atomic E-state index is 11.1. The first-order chi connectivity index (χ1) is 6.58. The summed E-state index contributed by atoms with van der Waals surface area (Å²) in [6.45, 7) is 3.42. The molecule has 3 heteroatoms. The second kappa shape index (κ2) is 3.14. The number of halogens is 1. The van der Waals surface area contributed by atoms with Crippen molar-refractivity contribution in [2.75, 3.05) is 0 Å². The van der Waals surface area contributed by atoms with Gasteiger partial charge in [-0.1, -0.05) is 11.6 Å². The first kappa shape index (κ1) is 9.28. The van der Waals surface area contributed by atoms with Crippen molar-refractivity contribution < 1.29 is 9.21 Å². The zero-order valence-electron chi connectivity index (χ0n) is 7.93. The highest BCUT2D eigenvalue weighted by molar-refractivity contribution is 6.35. The fraction of sp³-hybridized carbons (Fsp3) is 0.182. The molecule has 0 saturated carbocycles. The van der Waals surface area contributed by atoms with Crippen LogP contribution in [0.3, 0.4) is 0 Å². The maximum Gasteiger partial charge on any atom is 0.194 e. The van der Waals surface area contributed by atoms with E-state index in [1.165, 1.54) is 6.92 Å². The SMILES string of the molecule is CC(=O)c1cc2cc(C)cc(Cl)c2o1. The summed E-state index contributed by atoms with van der Waals surface area (Å²) in [5.74, 6) is 0.266. The summed E-state index contributed by atoms with van der Waals surface area (Å²) in [6, 6.07) is 5.48. The van der Waals surface area contributed by atoms with Gasteiger partial charge in [-0.2, -0.15) is 0 Å². The lowest BCUT2D eigenvalue weighted by Crippen LogP contribution is -1.85. The molecule has 0 fully saturated rings. The maximum atomic E-state index is 11.1. The lowest BCUT2D eigenvalue weighted by molar-refractivity contribution is 0.0989.